The second-order valence-electron chi connectivity index (χ2n) is 5.45. The highest BCUT2D eigenvalue weighted by Gasteiger charge is 2.09. The number of nitrogens with one attached hydrogen (secondary N) is 2. The molecule has 1 heterocycles. The molecule has 0 fully saturated rings. The molecular formula is C17H20N2O2S2. The van der Waals surface area contributed by atoms with Crippen LogP contribution < -0.4 is 15.4 Å². The van der Waals surface area contributed by atoms with Gasteiger partial charge in [0, 0.05) is 10.4 Å². The van der Waals surface area contributed by atoms with Crippen LogP contribution in [0.5, 0.6) is 5.75 Å². The number of carbonyl (C=O) groups is 1. The zero-order chi connectivity index (χ0) is 16.7. The molecule has 0 saturated heterocycles. The largest absolute Gasteiger partial charge is 0.493 e. The fraction of sp³-hybridized carbons (Fsp3) is 0.294. The average molecular weight is 348 g/mol. The summed E-state index contributed by atoms with van der Waals surface area (Å²) in [7, 11) is 0. The fourth-order valence-corrected chi connectivity index (χ4v) is 2.60. The molecule has 4 nitrogen and oxygen atoms in total. The summed E-state index contributed by atoms with van der Waals surface area (Å²) in [6.45, 7) is 5.38. The van der Waals surface area contributed by atoms with Gasteiger partial charge in [-0.1, -0.05) is 26.0 Å². The summed E-state index contributed by atoms with van der Waals surface area (Å²) in [5.41, 5.74) is 0.520. The third-order valence-electron chi connectivity index (χ3n) is 2.91. The van der Waals surface area contributed by atoms with E-state index in [1.165, 1.54) is 0 Å². The average Bonchev–Trinajstić information content (AvgIpc) is 3.04. The van der Waals surface area contributed by atoms with Crippen LogP contribution in [-0.4, -0.2) is 17.6 Å². The molecule has 2 aromatic rings. The summed E-state index contributed by atoms with van der Waals surface area (Å²) in [4.78, 5) is 13.4. The van der Waals surface area contributed by atoms with Crippen molar-refractivity contribution in [1.82, 2.24) is 10.6 Å². The quantitative estimate of drug-likeness (QED) is 0.784. The van der Waals surface area contributed by atoms with Crippen molar-refractivity contribution < 1.29 is 9.53 Å². The minimum atomic E-state index is -0.247. The van der Waals surface area contributed by atoms with E-state index in [0.29, 0.717) is 35.5 Å². The van der Waals surface area contributed by atoms with Crippen LogP contribution in [0, 0.1) is 5.92 Å². The summed E-state index contributed by atoms with van der Waals surface area (Å²) in [5, 5.41) is 8.02. The Labute approximate surface area is 145 Å². The second kappa shape index (κ2) is 8.64. The summed E-state index contributed by atoms with van der Waals surface area (Å²) in [6, 6.07) is 11.1. The molecule has 0 aliphatic carbocycles. The first-order chi connectivity index (χ1) is 11.0. The van der Waals surface area contributed by atoms with Crippen LogP contribution in [0.3, 0.4) is 0 Å². The Balaban J connectivity index is 1.87. The van der Waals surface area contributed by atoms with Gasteiger partial charge >= 0.3 is 0 Å². The van der Waals surface area contributed by atoms with Gasteiger partial charge in [0.25, 0.3) is 5.91 Å². The van der Waals surface area contributed by atoms with E-state index in [9.17, 15) is 4.79 Å². The van der Waals surface area contributed by atoms with Gasteiger partial charge in [0.05, 0.1) is 13.2 Å². The van der Waals surface area contributed by atoms with E-state index >= 15 is 0 Å². The predicted molar refractivity (Wildman–Crippen MR) is 98.0 cm³/mol. The van der Waals surface area contributed by atoms with Crippen molar-refractivity contribution in [3.05, 3.63) is 52.2 Å². The third-order valence-corrected chi connectivity index (χ3v) is 4.03. The predicted octanol–water partition coefficient (Wildman–Crippen LogP) is 3.59. The van der Waals surface area contributed by atoms with Gasteiger partial charge in [-0.25, -0.2) is 0 Å². The molecule has 0 saturated carbocycles. The normalized spacial score (nSPS) is 10.4. The molecule has 1 amide bonds. The van der Waals surface area contributed by atoms with Crippen LogP contribution in [0.15, 0.2) is 41.8 Å². The topological polar surface area (TPSA) is 50.4 Å². The lowest BCUT2D eigenvalue weighted by molar-refractivity contribution is 0.0976. The Hall–Kier alpha value is -1.92. The van der Waals surface area contributed by atoms with E-state index in [4.69, 9.17) is 17.0 Å². The number of thiophene rings is 1. The molecule has 0 bridgehead atoms. The minimum Gasteiger partial charge on any atom is -0.493 e. The Morgan fingerprint density at radius 1 is 1.30 bits per heavy atom. The highest BCUT2D eigenvalue weighted by Crippen LogP contribution is 2.14. The Morgan fingerprint density at radius 3 is 2.83 bits per heavy atom. The molecule has 23 heavy (non-hydrogen) atoms. The molecule has 0 unspecified atom stereocenters. The third kappa shape index (κ3) is 6.00. The molecule has 0 atom stereocenters. The number of hydrogen-bond acceptors (Lipinski definition) is 4. The highest BCUT2D eigenvalue weighted by molar-refractivity contribution is 7.80. The van der Waals surface area contributed by atoms with Crippen LogP contribution in [0.4, 0.5) is 0 Å². The molecular weight excluding hydrogens is 328 g/mol. The van der Waals surface area contributed by atoms with Crippen LogP contribution in [0.1, 0.15) is 29.1 Å². The van der Waals surface area contributed by atoms with Crippen LogP contribution in [0.25, 0.3) is 0 Å². The zero-order valence-electron chi connectivity index (χ0n) is 13.2. The van der Waals surface area contributed by atoms with Crippen molar-refractivity contribution >= 4 is 34.6 Å². The maximum atomic E-state index is 12.2. The smallest absolute Gasteiger partial charge is 0.257 e. The molecule has 0 spiro atoms. The van der Waals surface area contributed by atoms with E-state index in [1.807, 2.05) is 23.6 Å². The SMILES string of the molecule is CC(C)COc1cccc(C(=O)NC(=S)NCc2cccs2)c1. The second-order valence-corrected chi connectivity index (χ2v) is 6.89. The van der Waals surface area contributed by atoms with Gasteiger partial charge in [-0.15, -0.1) is 11.3 Å². The van der Waals surface area contributed by atoms with Gasteiger partial charge in [-0.2, -0.15) is 0 Å². The number of benzene rings is 1. The Kier molecular flexibility index (Phi) is 6.55. The molecule has 122 valence electrons. The Bertz CT molecular complexity index is 654. The van der Waals surface area contributed by atoms with Crippen LogP contribution in [-0.2, 0) is 6.54 Å². The van der Waals surface area contributed by atoms with Gasteiger partial charge in [0.15, 0.2) is 5.11 Å². The van der Waals surface area contributed by atoms with Crippen molar-refractivity contribution in [3.8, 4) is 5.75 Å². The van der Waals surface area contributed by atoms with Crippen LogP contribution in [0.2, 0.25) is 0 Å². The van der Waals surface area contributed by atoms with E-state index < -0.39 is 0 Å². The van der Waals surface area contributed by atoms with E-state index in [-0.39, 0.29) is 5.91 Å². The number of thiocarbonyl (C=S) groups is 1. The molecule has 0 aliphatic heterocycles. The molecule has 1 aromatic carbocycles. The molecule has 0 radical (unpaired) electrons. The number of rotatable bonds is 6. The molecule has 0 aliphatic rings. The lowest BCUT2D eigenvalue weighted by Crippen LogP contribution is -2.38. The molecule has 6 heteroatoms. The maximum Gasteiger partial charge on any atom is 0.257 e. The lowest BCUT2D eigenvalue weighted by atomic mass is 10.2. The minimum absolute atomic E-state index is 0.247. The van der Waals surface area contributed by atoms with Crippen molar-refractivity contribution in [3.63, 3.8) is 0 Å². The summed E-state index contributed by atoms with van der Waals surface area (Å²) in [6.07, 6.45) is 0. The fourth-order valence-electron chi connectivity index (χ4n) is 1.79. The number of hydrogen-bond donors (Lipinski definition) is 2. The first-order valence-electron chi connectivity index (χ1n) is 7.39. The van der Waals surface area contributed by atoms with Gasteiger partial charge < -0.3 is 10.1 Å². The number of carbonyl (C=O) groups excluding carboxylic acids is 1. The number of ether oxygens (including phenoxy) is 1. The highest BCUT2D eigenvalue weighted by atomic mass is 32.1. The first kappa shape index (κ1) is 17.4. The summed E-state index contributed by atoms with van der Waals surface area (Å²) in [5.74, 6) is 0.869. The maximum absolute atomic E-state index is 12.2. The monoisotopic (exact) mass is 348 g/mol. The molecule has 2 rings (SSSR count). The first-order valence-corrected chi connectivity index (χ1v) is 8.68. The van der Waals surface area contributed by atoms with E-state index in [2.05, 4.69) is 24.5 Å². The molecule has 2 N–H and O–H groups in total. The van der Waals surface area contributed by atoms with Gasteiger partial charge in [0.1, 0.15) is 5.75 Å². The standard InChI is InChI=1S/C17H20N2O2S2/c1-12(2)11-21-14-6-3-5-13(9-14)16(20)19-17(22)18-10-15-7-4-8-23-15/h3-9,12H,10-11H2,1-2H3,(H2,18,19,20,22). The van der Waals surface area contributed by atoms with Crippen molar-refractivity contribution in [2.24, 2.45) is 5.92 Å². The van der Waals surface area contributed by atoms with E-state index in [1.54, 1.807) is 29.5 Å². The van der Waals surface area contributed by atoms with Gasteiger partial charge in [-0.3, -0.25) is 10.1 Å². The van der Waals surface area contributed by atoms with Crippen LogP contribution >= 0.6 is 23.6 Å². The van der Waals surface area contributed by atoms with Gasteiger partial charge in [0.2, 0.25) is 0 Å². The Morgan fingerprint density at radius 2 is 2.13 bits per heavy atom. The van der Waals surface area contributed by atoms with E-state index in [0.717, 1.165) is 4.88 Å². The summed E-state index contributed by atoms with van der Waals surface area (Å²) < 4.78 is 5.63. The lowest BCUT2D eigenvalue weighted by Gasteiger charge is -2.11. The van der Waals surface area contributed by atoms with Crippen molar-refractivity contribution in [2.45, 2.75) is 20.4 Å². The van der Waals surface area contributed by atoms with Crippen molar-refractivity contribution in [2.75, 3.05) is 6.61 Å². The zero-order valence-corrected chi connectivity index (χ0v) is 14.8. The molecule has 1 aromatic heterocycles. The summed E-state index contributed by atoms with van der Waals surface area (Å²) >= 11 is 6.79. The van der Waals surface area contributed by atoms with Gasteiger partial charge in [-0.05, 0) is 47.8 Å². The van der Waals surface area contributed by atoms with Crippen molar-refractivity contribution in [1.29, 1.82) is 0 Å². The number of amides is 1.